The first-order valence-electron chi connectivity index (χ1n) is 6.67. The molecule has 1 heterocycles. The number of aromatic nitrogens is 2. The SMILES string of the molecule is C=CCN(C)S(=O)(=O)c1ccc(NC(=O)Nc2cn[nH]c2)cc1. The minimum atomic E-state index is -3.57. The third-order valence-corrected chi connectivity index (χ3v) is 4.80. The molecule has 0 aliphatic rings. The van der Waals surface area contributed by atoms with Gasteiger partial charge in [-0.25, -0.2) is 13.2 Å². The Hall–Kier alpha value is -2.65. The molecule has 2 amide bonds. The van der Waals surface area contributed by atoms with E-state index in [0.717, 1.165) is 0 Å². The maximum Gasteiger partial charge on any atom is 0.323 e. The highest BCUT2D eigenvalue weighted by Gasteiger charge is 2.19. The van der Waals surface area contributed by atoms with E-state index in [2.05, 4.69) is 27.4 Å². The Kier molecular flexibility index (Phi) is 5.14. The van der Waals surface area contributed by atoms with Crippen molar-refractivity contribution in [2.75, 3.05) is 24.2 Å². The number of sulfonamides is 1. The zero-order chi connectivity index (χ0) is 16.9. The predicted octanol–water partition coefficient (Wildman–Crippen LogP) is 1.86. The van der Waals surface area contributed by atoms with Crippen molar-refractivity contribution in [3.8, 4) is 0 Å². The second-order valence-electron chi connectivity index (χ2n) is 4.66. The summed E-state index contributed by atoms with van der Waals surface area (Å²) >= 11 is 0. The molecule has 23 heavy (non-hydrogen) atoms. The zero-order valence-electron chi connectivity index (χ0n) is 12.5. The van der Waals surface area contributed by atoms with Crippen LogP contribution in [0.1, 0.15) is 0 Å². The van der Waals surface area contributed by atoms with E-state index in [1.54, 1.807) is 0 Å². The van der Waals surface area contributed by atoms with Gasteiger partial charge in [0.25, 0.3) is 0 Å². The number of amides is 2. The first-order chi connectivity index (χ1) is 10.9. The van der Waals surface area contributed by atoms with Crippen molar-refractivity contribution >= 4 is 27.4 Å². The Morgan fingerprint density at radius 2 is 1.96 bits per heavy atom. The molecule has 0 aliphatic heterocycles. The summed E-state index contributed by atoms with van der Waals surface area (Å²) in [5, 5.41) is 11.4. The summed E-state index contributed by atoms with van der Waals surface area (Å²) in [4.78, 5) is 11.9. The molecule has 0 spiro atoms. The van der Waals surface area contributed by atoms with E-state index in [-0.39, 0.29) is 11.4 Å². The summed E-state index contributed by atoms with van der Waals surface area (Å²) in [6, 6.07) is 5.45. The van der Waals surface area contributed by atoms with Crippen LogP contribution in [0.5, 0.6) is 0 Å². The number of nitrogens with zero attached hydrogens (tertiary/aromatic N) is 2. The van der Waals surface area contributed by atoms with Crippen LogP contribution in [0.4, 0.5) is 16.2 Å². The number of urea groups is 1. The fourth-order valence-corrected chi connectivity index (χ4v) is 2.92. The molecule has 122 valence electrons. The number of hydrogen-bond acceptors (Lipinski definition) is 4. The zero-order valence-corrected chi connectivity index (χ0v) is 13.3. The van der Waals surface area contributed by atoms with Gasteiger partial charge in [-0.05, 0) is 24.3 Å². The van der Waals surface area contributed by atoms with Crippen LogP contribution in [0.25, 0.3) is 0 Å². The molecule has 1 aromatic carbocycles. The lowest BCUT2D eigenvalue weighted by Crippen LogP contribution is -2.27. The molecular formula is C14H17N5O3S. The normalized spacial score (nSPS) is 11.2. The average molecular weight is 335 g/mol. The van der Waals surface area contributed by atoms with Crippen molar-refractivity contribution in [2.45, 2.75) is 4.90 Å². The van der Waals surface area contributed by atoms with Crippen molar-refractivity contribution in [3.63, 3.8) is 0 Å². The van der Waals surface area contributed by atoms with Crippen LogP contribution in [-0.2, 0) is 10.0 Å². The Morgan fingerprint density at radius 1 is 1.30 bits per heavy atom. The average Bonchev–Trinajstić information content (AvgIpc) is 3.00. The quantitative estimate of drug-likeness (QED) is 0.700. The first-order valence-corrected chi connectivity index (χ1v) is 8.11. The van der Waals surface area contributed by atoms with Crippen molar-refractivity contribution in [3.05, 3.63) is 49.3 Å². The number of anilines is 2. The van der Waals surface area contributed by atoms with Gasteiger partial charge in [0.05, 0.1) is 16.8 Å². The largest absolute Gasteiger partial charge is 0.323 e. The molecule has 1 aromatic heterocycles. The molecule has 0 radical (unpaired) electrons. The molecule has 0 aliphatic carbocycles. The molecule has 9 heteroatoms. The minimum absolute atomic E-state index is 0.141. The van der Waals surface area contributed by atoms with Crippen molar-refractivity contribution in [2.24, 2.45) is 0 Å². The highest BCUT2D eigenvalue weighted by atomic mass is 32.2. The standard InChI is InChI=1S/C14H17N5O3S/c1-3-8-19(2)23(21,22)13-6-4-11(5-7-13)17-14(20)18-12-9-15-16-10-12/h3-7,9-10H,1,8H2,2H3,(H,15,16)(H2,17,18,20). The lowest BCUT2D eigenvalue weighted by Gasteiger charge is -2.15. The number of aromatic amines is 1. The topological polar surface area (TPSA) is 107 Å². The number of hydrogen-bond donors (Lipinski definition) is 3. The molecule has 3 N–H and O–H groups in total. The van der Waals surface area contributed by atoms with Gasteiger partial charge in [0.2, 0.25) is 10.0 Å². The number of nitrogens with one attached hydrogen (secondary N) is 3. The van der Waals surface area contributed by atoms with Gasteiger partial charge in [-0.15, -0.1) is 6.58 Å². The summed E-state index contributed by atoms with van der Waals surface area (Å²) < 4.78 is 25.7. The van der Waals surface area contributed by atoms with Crippen molar-refractivity contribution < 1.29 is 13.2 Å². The summed E-state index contributed by atoms with van der Waals surface area (Å²) in [5.41, 5.74) is 0.990. The molecule has 8 nitrogen and oxygen atoms in total. The van der Waals surface area contributed by atoms with Gasteiger partial charge in [-0.3, -0.25) is 5.10 Å². The van der Waals surface area contributed by atoms with E-state index < -0.39 is 16.1 Å². The number of H-pyrrole nitrogens is 1. The van der Waals surface area contributed by atoms with Crippen molar-refractivity contribution in [1.29, 1.82) is 0 Å². The van der Waals surface area contributed by atoms with Crippen LogP contribution in [0, 0.1) is 0 Å². The Morgan fingerprint density at radius 3 is 2.52 bits per heavy atom. The van der Waals surface area contributed by atoms with Gasteiger partial charge in [-0.2, -0.15) is 9.40 Å². The second-order valence-corrected chi connectivity index (χ2v) is 6.71. The minimum Gasteiger partial charge on any atom is -0.308 e. The van der Waals surface area contributed by atoms with Gasteiger partial charge < -0.3 is 10.6 Å². The number of likely N-dealkylation sites (N-methyl/N-ethyl adjacent to an activating group) is 1. The fraction of sp³-hybridized carbons (Fsp3) is 0.143. The van der Waals surface area contributed by atoms with Gasteiger partial charge >= 0.3 is 6.03 Å². The third-order valence-electron chi connectivity index (χ3n) is 2.96. The van der Waals surface area contributed by atoms with Crippen LogP contribution in [0.2, 0.25) is 0 Å². The molecule has 0 unspecified atom stereocenters. The van der Waals surface area contributed by atoms with Crippen LogP contribution < -0.4 is 10.6 Å². The van der Waals surface area contributed by atoms with Crippen LogP contribution in [0.15, 0.2) is 54.2 Å². The number of carbonyl (C=O) groups is 1. The van der Waals surface area contributed by atoms with E-state index in [9.17, 15) is 13.2 Å². The fourth-order valence-electron chi connectivity index (χ4n) is 1.78. The number of carbonyl (C=O) groups excluding carboxylic acids is 1. The van der Waals surface area contributed by atoms with E-state index in [0.29, 0.717) is 11.4 Å². The molecule has 2 rings (SSSR count). The van der Waals surface area contributed by atoms with Crippen LogP contribution in [-0.4, -0.2) is 42.5 Å². The van der Waals surface area contributed by atoms with Gasteiger partial charge in [0, 0.05) is 25.5 Å². The van der Waals surface area contributed by atoms with Gasteiger partial charge in [0.15, 0.2) is 0 Å². The molecule has 0 atom stereocenters. The molecule has 0 fully saturated rings. The number of benzene rings is 1. The van der Waals surface area contributed by atoms with E-state index in [4.69, 9.17) is 0 Å². The molecule has 0 saturated carbocycles. The summed E-state index contributed by atoms with van der Waals surface area (Å²) in [6.45, 7) is 3.74. The van der Waals surface area contributed by atoms with E-state index in [1.165, 1.54) is 54.1 Å². The number of rotatable bonds is 6. The van der Waals surface area contributed by atoms with Crippen LogP contribution in [0.3, 0.4) is 0 Å². The maximum absolute atomic E-state index is 12.2. The molecule has 0 saturated heterocycles. The third kappa shape index (κ3) is 4.18. The van der Waals surface area contributed by atoms with E-state index in [1.807, 2.05) is 0 Å². The lowest BCUT2D eigenvalue weighted by atomic mass is 10.3. The van der Waals surface area contributed by atoms with Crippen molar-refractivity contribution in [1.82, 2.24) is 14.5 Å². The monoisotopic (exact) mass is 335 g/mol. The molecule has 0 bridgehead atoms. The Bertz CT molecular complexity index is 769. The van der Waals surface area contributed by atoms with Gasteiger partial charge in [-0.1, -0.05) is 6.08 Å². The van der Waals surface area contributed by atoms with E-state index >= 15 is 0 Å². The smallest absolute Gasteiger partial charge is 0.308 e. The summed E-state index contributed by atoms with van der Waals surface area (Å²) in [5.74, 6) is 0. The Balaban J connectivity index is 2.04. The second kappa shape index (κ2) is 7.07. The first kappa shape index (κ1) is 16.7. The lowest BCUT2D eigenvalue weighted by molar-refractivity contribution is 0.262. The molecule has 2 aromatic rings. The highest BCUT2D eigenvalue weighted by molar-refractivity contribution is 7.89. The summed E-state index contributed by atoms with van der Waals surface area (Å²) in [6.07, 6.45) is 4.50. The molecular weight excluding hydrogens is 318 g/mol. The Labute approximate surface area is 134 Å². The van der Waals surface area contributed by atoms with Gasteiger partial charge in [0.1, 0.15) is 0 Å². The maximum atomic E-state index is 12.2. The predicted molar refractivity (Wildman–Crippen MR) is 87.7 cm³/mol. The van der Waals surface area contributed by atoms with Crippen LogP contribution >= 0.6 is 0 Å². The highest BCUT2D eigenvalue weighted by Crippen LogP contribution is 2.17. The summed E-state index contributed by atoms with van der Waals surface area (Å²) in [7, 11) is -2.09.